The minimum Gasteiger partial charge on any atom is -0.464 e. The number of imidazole rings is 1. The number of nitrogens with one attached hydrogen (secondary N) is 2. The predicted molar refractivity (Wildman–Crippen MR) is 93.8 cm³/mol. The summed E-state index contributed by atoms with van der Waals surface area (Å²) >= 11 is 0. The van der Waals surface area contributed by atoms with E-state index in [-0.39, 0.29) is 12.3 Å². The maximum absolute atomic E-state index is 12.5. The van der Waals surface area contributed by atoms with Crippen LogP contribution < -0.4 is 5.32 Å². The lowest BCUT2D eigenvalue weighted by molar-refractivity contribution is -0.122. The molecule has 0 atom stereocenters. The van der Waals surface area contributed by atoms with Crippen molar-refractivity contribution in [3.05, 3.63) is 53.3 Å². The Kier molecular flexibility index (Phi) is 4.18. The minimum atomic E-state index is -0.555. The van der Waals surface area contributed by atoms with Crippen molar-refractivity contribution in [2.75, 3.05) is 0 Å². The molecule has 126 valence electrons. The number of H-pyrrole nitrogens is 1. The van der Waals surface area contributed by atoms with Crippen LogP contribution in [0.1, 0.15) is 43.4 Å². The van der Waals surface area contributed by atoms with Crippen molar-refractivity contribution >= 4 is 16.9 Å². The maximum Gasteiger partial charge on any atom is 0.225 e. The van der Waals surface area contributed by atoms with Crippen molar-refractivity contribution in [3.8, 4) is 0 Å². The molecule has 0 saturated heterocycles. The van der Waals surface area contributed by atoms with Crippen molar-refractivity contribution < 1.29 is 9.21 Å². The fourth-order valence-corrected chi connectivity index (χ4v) is 2.84. The summed E-state index contributed by atoms with van der Waals surface area (Å²) in [6, 6.07) is 6.14. The molecule has 0 aliphatic heterocycles. The van der Waals surface area contributed by atoms with Gasteiger partial charge in [-0.3, -0.25) is 4.79 Å². The summed E-state index contributed by atoms with van der Waals surface area (Å²) in [5, 5.41) is 4.03. The first-order valence-corrected chi connectivity index (χ1v) is 8.21. The Balaban J connectivity index is 1.75. The fourth-order valence-electron chi connectivity index (χ4n) is 2.84. The van der Waals surface area contributed by atoms with Crippen molar-refractivity contribution in [2.45, 2.75) is 46.1 Å². The fraction of sp³-hybridized carbons (Fsp3) is 0.368. The first kappa shape index (κ1) is 16.3. The van der Waals surface area contributed by atoms with Gasteiger partial charge >= 0.3 is 0 Å². The summed E-state index contributed by atoms with van der Waals surface area (Å²) in [6.45, 7) is 7.92. The average Bonchev–Trinajstić information content (AvgIpc) is 3.13. The Labute approximate surface area is 141 Å². The number of fused-ring (bicyclic) bond motifs is 1. The van der Waals surface area contributed by atoms with Gasteiger partial charge < -0.3 is 14.7 Å². The molecule has 3 aromatic rings. The normalized spacial score (nSPS) is 11.8. The largest absolute Gasteiger partial charge is 0.464 e. The summed E-state index contributed by atoms with van der Waals surface area (Å²) in [5.74, 6) is 0.689. The summed E-state index contributed by atoms with van der Waals surface area (Å²) < 4.78 is 5.61. The van der Waals surface area contributed by atoms with E-state index in [9.17, 15) is 4.79 Å². The van der Waals surface area contributed by atoms with Gasteiger partial charge in [0, 0.05) is 22.8 Å². The lowest BCUT2D eigenvalue weighted by Crippen LogP contribution is -2.42. The number of carbonyl (C=O) groups is 1. The summed E-state index contributed by atoms with van der Waals surface area (Å²) in [4.78, 5) is 20.0. The van der Waals surface area contributed by atoms with Crippen molar-refractivity contribution in [1.82, 2.24) is 15.3 Å². The van der Waals surface area contributed by atoms with Crippen LogP contribution in [0.5, 0.6) is 0 Å². The molecule has 3 rings (SSSR count). The smallest absolute Gasteiger partial charge is 0.225 e. The highest BCUT2D eigenvalue weighted by Gasteiger charge is 2.26. The van der Waals surface area contributed by atoms with E-state index in [4.69, 9.17) is 4.42 Å². The summed E-state index contributed by atoms with van der Waals surface area (Å²) in [7, 11) is 0. The number of furan rings is 1. The Morgan fingerprint density at radius 2 is 2.17 bits per heavy atom. The number of benzene rings is 1. The molecule has 0 saturated carbocycles. The molecule has 0 unspecified atom stereocenters. The molecular formula is C19H23N3O2. The van der Waals surface area contributed by atoms with E-state index in [1.807, 2.05) is 32.9 Å². The van der Waals surface area contributed by atoms with E-state index in [0.29, 0.717) is 0 Å². The van der Waals surface area contributed by atoms with Crippen LogP contribution in [0, 0.1) is 6.92 Å². The van der Waals surface area contributed by atoms with Gasteiger partial charge in [-0.25, -0.2) is 4.98 Å². The SMILES string of the molecule is CCc1ccc2c(CC(=O)NC(C)(C)c3ncc(C)[nH]3)coc2c1. The van der Waals surface area contributed by atoms with Crippen molar-refractivity contribution in [3.63, 3.8) is 0 Å². The number of hydrogen-bond acceptors (Lipinski definition) is 3. The topological polar surface area (TPSA) is 70.9 Å². The van der Waals surface area contributed by atoms with E-state index in [1.165, 1.54) is 5.56 Å². The quantitative estimate of drug-likeness (QED) is 0.752. The Hall–Kier alpha value is -2.56. The van der Waals surface area contributed by atoms with E-state index >= 15 is 0 Å². The third kappa shape index (κ3) is 3.20. The molecule has 2 aromatic heterocycles. The van der Waals surface area contributed by atoms with Crippen molar-refractivity contribution in [2.24, 2.45) is 0 Å². The van der Waals surface area contributed by atoms with E-state index in [0.717, 1.165) is 34.5 Å². The molecule has 1 amide bonds. The molecule has 0 bridgehead atoms. The van der Waals surface area contributed by atoms with Crippen LogP contribution in [-0.2, 0) is 23.2 Å². The monoisotopic (exact) mass is 325 g/mol. The number of nitrogens with zero attached hydrogens (tertiary/aromatic N) is 1. The standard InChI is InChI=1S/C19H23N3O2/c1-5-13-6-7-15-14(11-24-16(15)8-13)9-17(23)22-19(3,4)18-20-10-12(2)21-18/h6-8,10-11H,5,9H2,1-4H3,(H,20,21)(H,22,23). The zero-order chi connectivity index (χ0) is 17.3. The van der Waals surface area contributed by atoms with Crippen LogP contribution in [0.25, 0.3) is 11.0 Å². The molecule has 0 radical (unpaired) electrons. The van der Waals surface area contributed by atoms with Gasteiger partial charge in [-0.05, 0) is 38.8 Å². The highest BCUT2D eigenvalue weighted by atomic mass is 16.3. The summed E-state index contributed by atoms with van der Waals surface area (Å²) in [5.41, 5.74) is 3.37. The van der Waals surface area contributed by atoms with Crippen LogP contribution in [0.15, 0.2) is 35.1 Å². The van der Waals surface area contributed by atoms with Crippen LogP contribution in [0.4, 0.5) is 0 Å². The van der Waals surface area contributed by atoms with Gasteiger partial charge in [-0.2, -0.15) is 0 Å². The lowest BCUT2D eigenvalue weighted by atomic mass is 10.0. The average molecular weight is 325 g/mol. The molecule has 0 fully saturated rings. The second kappa shape index (κ2) is 6.15. The first-order chi connectivity index (χ1) is 11.4. The molecule has 0 spiro atoms. The molecule has 0 aliphatic carbocycles. The van der Waals surface area contributed by atoms with E-state index in [1.54, 1.807) is 12.5 Å². The molecule has 5 nitrogen and oxygen atoms in total. The number of amides is 1. The van der Waals surface area contributed by atoms with Gasteiger partial charge in [-0.1, -0.05) is 19.1 Å². The Morgan fingerprint density at radius 3 is 2.83 bits per heavy atom. The molecule has 5 heteroatoms. The Bertz CT molecular complexity index is 874. The molecule has 2 heterocycles. The third-order valence-corrected chi connectivity index (χ3v) is 4.23. The minimum absolute atomic E-state index is 0.0590. The van der Waals surface area contributed by atoms with Gasteiger partial charge in [0.15, 0.2) is 0 Å². The van der Waals surface area contributed by atoms with Crippen LogP contribution in [-0.4, -0.2) is 15.9 Å². The Morgan fingerprint density at radius 1 is 1.38 bits per heavy atom. The van der Waals surface area contributed by atoms with Gasteiger partial charge in [0.25, 0.3) is 0 Å². The number of aromatic nitrogens is 2. The molecule has 2 N–H and O–H groups in total. The van der Waals surface area contributed by atoms with E-state index in [2.05, 4.69) is 28.3 Å². The molecule has 1 aromatic carbocycles. The number of rotatable bonds is 5. The number of aromatic amines is 1. The van der Waals surface area contributed by atoms with Gasteiger partial charge in [0.1, 0.15) is 11.4 Å². The van der Waals surface area contributed by atoms with Crippen LogP contribution in [0.2, 0.25) is 0 Å². The van der Waals surface area contributed by atoms with Crippen molar-refractivity contribution in [1.29, 1.82) is 0 Å². The molecule has 0 aliphatic rings. The summed E-state index contributed by atoms with van der Waals surface area (Å²) in [6.07, 6.45) is 4.68. The first-order valence-electron chi connectivity index (χ1n) is 8.21. The number of hydrogen-bond donors (Lipinski definition) is 2. The lowest BCUT2D eigenvalue weighted by Gasteiger charge is -2.24. The zero-order valence-electron chi connectivity index (χ0n) is 14.6. The second-order valence-corrected chi connectivity index (χ2v) is 6.71. The van der Waals surface area contributed by atoms with E-state index < -0.39 is 5.54 Å². The highest BCUT2D eigenvalue weighted by molar-refractivity contribution is 5.88. The predicted octanol–water partition coefficient (Wildman–Crippen LogP) is 3.62. The number of aryl methyl sites for hydroxylation is 2. The third-order valence-electron chi connectivity index (χ3n) is 4.23. The zero-order valence-corrected chi connectivity index (χ0v) is 14.6. The second-order valence-electron chi connectivity index (χ2n) is 6.71. The van der Waals surface area contributed by atoms with Gasteiger partial charge in [0.2, 0.25) is 5.91 Å². The van der Waals surface area contributed by atoms with Crippen LogP contribution >= 0.6 is 0 Å². The maximum atomic E-state index is 12.5. The molecule has 24 heavy (non-hydrogen) atoms. The van der Waals surface area contributed by atoms with Gasteiger partial charge in [0.05, 0.1) is 18.2 Å². The molecular weight excluding hydrogens is 302 g/mol. The highest BCUT2D eigenvalue weighted by Crippen LogP contribution is 2.24. The van der Waals surface area contributed by atoms with Gasteiger partial charge in [-0.15, -0.1) is 0 Å². The number of carbonyl (C=O) groups excluding carboxylic acids is 1. The van der Waals surface area contributed by atoms with Crippen LogP contribution in [0.3, 0.4) is 0 Å².